The SMILES string of the molecule is CC(C)Oc1ccccc1NCC(=O)NC(C)(C)C. The third kappa shape index (κ3) is 6.13. The summed E-state index contributed by atoms with van der Waals surface area (Å²) in [5.74, 6) is 0.730. The van der Waals surface area contributed by atoms with Crippen molar-refractivity contribution in [1.29, 1.82) is 0 Å². The van der Waals surface area contributed by atoms with E-state index in [0.29, 0.717) is 0 Å². The van der Waals surface area contributed by atoms with Gasteiger partial charge in [-0.3, -0.25) is 4.79 Å². The fourth-order valence-electron chi connectivity index (χ4n) is 1.61. The first kappa shape index (κ1) is 15.3. The molecule has 4 nitrogen and oxygen atoms in total. The molecule has 106 valence electrons. The minimum absolute atomic E-state index is 0.0353. The van der Waals surface area contributed by atoms with E-state index in [1.54, 1.807) is 0 Å². The average molecular weight is 264 g/mol. The summed E-state index contributed by atoms with van der Waals surface area (Å²) in [6.45, 7) is 10.1. The molecule has 0 atom stereocenters. The molecule has 0 radical (unpaired) electrons. The Morgan fingerprint density at radius 3 is 2.47 bits per heavy atom. The molecule has 0 heterocycles. The molecular weight excluding hydrogens is 240 g/mol. The molecule has 2 N–H and O–H groups in total. The van der Waals surface area contributed by atoms with Gasteiger partial charge in [0, 0.05) is 5.54 Å². The van der Waals surface area contributed by atoms with Gasteiger partial charge in [0.15, 0.2) is 0 Å². The van der Waals surface area contributed by atoms with E-state index in [9.17, 15) is 4.79 Å². The third-order valence-corrected chi connectivity index (χ3v) is 2.20. The van der Waals surface area contributed by atoms with Crippen LogP contribution in [0.3, 0.4) is 0 Å². The number of carbonyl (C=O) groups excluding carboxylic acids is 1. The van der Waals surface area contributed by atoms with Crippen molar-refractivity contribution in [3.05, 3.63) is 24.3 Å². The highest BCUT2D eigenvalue weighted by atomic mass is 16.5. The molecule has 1 rings (SSSR count). The van der Waals surface area contributed by atoms with Crippen LogP contribution in [-0.2, 0) is 4.79 Å². The number of carbonyl (C=O) groups is 1. The Morgan fingerprint density at radius 1 is 1.26 bits per heavy atom. The van der Waals surface area contributed by atoms with E-state index >= 15 is 0 Å². The van der Waals surface area contributed by atoms with Gasteiger partial charge in [-0.25, -0.2) is 0 Å². The first-order chi connectivity index (χ1) is 8.78. The van der Waals surface area contributed by atoms with Crippen LogP contribution in [0.15, 0.2) is 24.3 Å². The van der Waals surface area contributed by atoms with Crippen LogP contribution >= 0.6 is 0 Å². The molecule has 0 bridgehead atoms. The second-order valence-corrected chi connectivity index (χ2v) is 5.81. The lowest BCUT2D eigenvalue weighted by atomic mass is 10.1. The number of hydrogen-bond acceptors (Lipinski definition) is 3. The Hall–Kier alpha value is -1.71. The van der Waals surface area contributed by atoms with E-state index in [1.165, 1.54) is 0 Å². The molecule has 0 aromatic heterocycles. The quantitative estimate of drug-likeness (QED) is 0.859. The molecule has 0 aliphatic rings. The van der Waals surface area contributed by atoms with Gasteiger partial charge in [0.25, 0.3) is 0 Å². The lowest BCUT2D eigenvalue weighted by molar-refractivity contribution is -0.120. The second-order valence-electron chi connectivity index (χ2n) is 5.81. The van der Waals surface area contributed by atoms with Crippen molar-refractivity contribution in [2.75, 3.05) is 11.9 Å². The largest absolute Gasteiger partial charge is 0.489 e. The van der Waals surface area contributed by atoms with Crippen molar-refractivity contribution < 1.29 is 9.53 Å². The molecule has 0 aliphatic carbocycles. The predicted octanol–water partition coefficient (Wildman–Crippen LogP) is 2.80. The van der Waals surface area contributed by atoms with Crippen molar-refractivity contribution in [2.45, 2.75) is 46.3 Å². The fourth-order valence-corrected chi connectivity index (χ4v) is 1.61. The summed E-state index contributed by atoms with van der Waals surface area (Å²) in [7, 11) is 0. The highest BCUT2D eigenvalue weighted by Gasteiger charge is 2.13. The summed E-state index contributed by atoms with van der Waals surface area (Å²) in [4.78, 5) is 11.8. The smallest absolute Gasteiger partial charge is 0.239 e. The van der Waals surface area contributed by atoms with Crippen LogP contribution in [0.5, 0.6) is 5.75 Å². The van der Waals surface area contributed by atoms with Gasteiger partial charge in [-0.2, -0.15) is 0 Å². The van der Waals surface area contributed by atoms with Crippen molar-refractivity contribution in [3.8, 4) is 5.75 Å². The van der Waals surface area contributed by atoms with E-state index in [1.807, 2.05) is 58.9 Å². The molecule has 1 aromatic carbocycles. The first-order valence-corrected chi connectivity index (χ1v) is 6.58. The molecular formula is C15H24N2O2. The average Bonchev–Trinajstić information content (AvgIpc) is 2.24. The summed E-state index contributed by atoms with van der Waals surface area (Å²) in [5.41, 5.74) is 0.618. The van der Waals surface area contributed by atoms with Crippen LogP contribution in [0, 0.1) is 0 Å². The minimum Gasteiger partial charge on any atom is -0.489 e. The zero-order chi connectivity index (χ0) is 14.5. The standard InChI is InChI=1S/C15H24N2O2/c1-11(2)19-13-9-7-6-8-12(13)16-10-14(18)17-15(3,4)5/h6-9,11,16H,10H2,1-5H3,(H,17,18). The lowest BCUT2D eigenvalue weighted by Gasteiger charge is -2.21. The normalized spacial score (nSPS) is 11.3. The van der Waals surface area contributed by atoms with Gasteiger partial charge >= 0.3 is 0 Å². The van der Waals surface area contributed by atoms with Gasteiger partial charge in [0.1, 0.15) is 5.75 Å². The number of ether oxygens (including phenoxy) is 1. The van der Waals surface area contributed by atoms with Crippen LogP contribution in [0.25, 0.3) is 0 Å². The highest BCUT2D eigenvalue weighted by Crippen LogP contribution is 2.24. The Kier molecular flexibility index (Phi) is 5.21. The van der Waals surface area contributed by atoms with Crippen LogP contribution in [0.2, 0.25) is 0 Å². The molecule has 0 saturated carbocycles. The van der Waals surface area contributed by atoms with Crippen LogP contribution < -0.4 is 15.4 Å². The second kappa shape index (κ2) is 6.45. The number of nitrogens with one attached hydrogen (secondary N) is 2. The van der Waals surface area contributed by atoms with Crippen molar-refractivity contribution >= 4 is 11.6 Å². The third-order valence-electron chi connectivity index (χ3n) is 2.20. The number of amides is 1. The lowest BCUT2D eigenvalue weighted by Crippen LogP contribution is -2.43. The Bertz CT molecular complexity index is 422. The van der Waals surface area contributed by atoms with Crippen LogP contribution in [0.4, 0.5) is 5.69 Å². The van der Waals surface area contributed by atoms with Gasteiger partial charge in [0.05, 0.1) is 18.3 Å². The highest BCUT2D eigenvalue weighted by molar-refractivity contribution is 5.81. The van der Waals surface area contributed by atoms with Gasteiger partial charge in [-0.1, -0.05) is 12.1 Å². The van der Waals surface area contributed by atoms with Gasteiger partial charge in [-0.15, -0.1) is 0 Å². The van der Waals surface area contributed by atoms with Gasteiger partial charge in [-0.05, 0) is 46.8 Å². The molecule has 0 spiro atoms. The van der Waals surface area contributed by atoms with E-state index in [4.69, 9.17) is 4.74 Å². The van der Waals surface area contributed by atoms with E-state index < -0.39 is 0 Å². The van der Waals surface area contributed by atoms with E-state index in [-0.39, 0.29) is 24.1 Å². The molecule has 0 saturated heterocycles. The zero-order valence-corrected chi connectivity index (χ0v) is 12.4. The number of para-hydroxylation sites is 2. The summed E-state index contributed by atoms with van der Waals surface area (Å²) in [6, 6.07) is 7.63. The Balaban J connectivity index is 2.60. The molecule has 1 amide bonds. The van der Waals surface area contributed by atoms with E-state index in [0.717, 1.165) is 11.4 Å². The van der Waals surface area contributed by atoms with Gasteiger partial charge < -0.3 is 15.4 Å². The van der Waals surface area contributed by atoms with Crippen LogP contribution in [0.1, 0.15) is 34.6 Å². The molecule has 1 aromatic rings. The molecule has 0 unspecified atom stereocenters. The number of rotatable bonds is 5. The van der Waals surface area contributed by atoms with E-state index in [2.05, 4.69) is 10.6 Å². The number of anilines is 1. The monoisotopic (exact) mass is 264 g/mol. The van der Waals surface area contributed by atoms with Crippen molar-refractivity contribution in [1.82, 2.24) is 5.32 Å². The van der Waals surface area contributed by atoms with Crippen molar-refractivity contribution in [2.24, 2.45) is 0 Å². The number of hydrogen-bond donors (Lipinski definition) is 2. The van der Waals surface area contributed by atoms with Crippen molar-refractivity contribution in [3.63, 3.8) is 0 Å². The predicted molar refractivity (Wildman–Crippen MR) is 78.6 cm³/mol. The summed E-state index contributed by atoms with van der Waals surface area (Å²) >= 11 is 0. The fraction of sp³-hybridized carbons (Fsp3) is 0.533. The Morgan fingerprint density at radius 2 is 1.89 bits per heavy atom. The topological polar surface area (TPSA) is 50.4 Å². The first-order valence-electron chi connectivity index (χ1n) is 6.58. The zero-order valence-electron chi connectivity index (χ0n) is 12.4. The maximum atomic E-state index is 11.8. The molecule has 0 fully saturated rings. The molecule has 19 heavy (non-hydrogen) atoms. The summed E-state index contributed by atoms with van der Waals surface area (Å²) < 4.78 is 5.68. The molecule has 4 heteroatoms. The minimum atomic E-state index is -0.216. The molecule has 0 aliphatic heterocycles. The maximum absolute atomic E-state index is 11.8. The summed E-state index contributed by atoms with van der Waals surface area (Å²) in [6.07, 6.45) is 0.103. The van der Waals surface area contributed by atoms with Crippen LogP contribution in [-0.4, -0.2) is 24.1 Å². The maximum Gasteiger partial charge on any atom is 0.239 e. The summed E-state index contributed by atoms with van der Waals surface area (Å²) in [5, 5.41) is 6.01. The Labute approximate surface area is 115 Å². The van der Waals surface area contributed by atoms with Gasteiger partial charge in [0.2, 0.25) is 5.91 Å². The number of benzene rings is 1.